The molecule has 1 heterocycles. The summed E-state index contributed by atoms with van der Waals surface area (Å²) in [7, 11) is 1.63. The maximum atomic E-state index is 5.82. The number of hydrogen-bond acceptors (Lipinski definition) is 3. The van der Waals surface area contributed by atoms with Gasteiger partial charge in [-0.2, -0.15) is 0 Å². The van der Waals surface area contributed by atoms with Crippen LogP contribution in [0.5, 0.6) is 0 Å². The largest absolute Gasteiger partial charge is 0.374 e. The van der Waals surface area contributed by atoms with Gasteiger partial charge in [0.25, 0.3) is 0 Å². The van der Waals surface area contributed by atoms with E-state index in [1.54, 1.807) is 13.2 Å². The molecule has 13 heavy (non-hydrogen) atoms. The summed E-state index contributed by atoms with van der Waals surface area (Å²) >= 11 is 5.82. The molecule has 0 saturated heterocycles. The van der Waals surface area contributed by atoms with Crippen molar-refractivity contribution in [2.45, 2.75) is 26.4 Å². The number of aromatic nitrogens is 2. The Morgan fingerprint density at radius 3 is 2.77 bits per heavy atom. The van der Waals surface area contributed by atoms with E-state index in [2.05, 4.69) is 9.97 Å². The molecular formula is C9H13ClN2O. The standard InChI is InChI=1S/C9H13ClN2O/c1-4-7-5-8(10)12-9(11-7)6(2)13-3/h5-6H,4H2,1-3H3. The molecule has 0 spiro atoms. The van der Waals surface area contributed by atoms with E-state index in [0.717, 1.165) is 12.1 Å². The van der Waals surface area contributed by atoms with Crippen molar-refractivity contribution in [3.05, 3.63) is 22.7 Å². The van der Waals surface area contributed by atoms with Crippen LogP contribution >= 0.6 is 11.6 Å². The minimum Gasteiger partial charge on any atom is -0.374 e. The summed E-state index contributed by atoms with van der Waals surface area (Å²) in [5.41, 5.74) is 0.943. The van der Waals surface area contributed by atoms with Crippen molar-refractivity contribution in [3.8, 4) is 0 Å². The lowest BCUT2D eigenvalue weighted by atomic mass is 10.3. The van der Waals surface area contributed by atoms with Crippen molar-refractivity contribution in [3.63, 3.8) is 0 Å². The predicted octanol–water partition coefficient (Wildman–Crippen LogP) is 2.40. The van der Waals surface area contributed by atoms with Crippen LogP contribution in [0.25, 0.3) is 0 Å². The van der Waals surface area contributed by atoms with Crippen LogP contribution in [-0.2, 0) is 11.2 Å². The number of aryl methyl sites for hydroxylation is 1. The second kappa shape index (κ2) is 4.53. The SMILES string of the molecule is CCc1cc(Cl)nc(C(C)OC)n1. The fourth-order valence-electron chi connectivity index (χ4n) is 0.952. The highest BCUT2D eigenvalue weighted by molar-refractivity contribution is 6.29. The van der Waals surface area contributed by atoms with E-state index in [0.29, 0.717) is 11.0 Å². The van der Waals surface area contributed by atoms with Gasteiger partial charge in [0.1, 0.15) is 11.3 Å². The first kappa shape index (κ1) is 10.4. The average molecular weight is 201 g/mol. The van der Waals surface area contributed by atoms with Crippen molar-refractivity contribution in [2.75, 3.05) is 7.11 Å². The van der Waals surface area contributed by atoms with Gasteiger partial charge in [-0.15, -0.1) is 0 Å². The van der Waals surface area contributed by atoms with Gasteiger partial charge in [0, 0.05) is 12.8 Å². The molecule has 1 rings (SSSR count). The highest BCUT2D eigenvalue weighted by Crippen LogP contribution is 2.15. The number of ether oxygens (including phenoxy) is 1. The normalized spacial score (nSPS) is 12.9. The Labute approximate surface area is 83.1 Å². The quantitative estimate of drug-likeness (QED) is 0.703. The van der Waals surface area contributed by atoms with Crippen molar-refractivity contribution in [1.29, 1.82) is 0 Å². The number of methoxy groups -OCH3 is 1. The van der Waals surface area contributed by atoms with E-state index in [1.165, 1.54) is 0 Å². The molecule has 1 atom stereocenters. The van der Waals surface area contributed by atoms with E-state index >= 15 is 0 Å². The van der Waals surface area contributed by atoms with Crippen molar-refractivity contribution in [1.82, 2.24) is 9.97 Å². The predicted molar refractivity (Wildman–Crippen MR) is 51.8 cm³/mol. The molecular weight excluding hydrogens is 188 g/mol. The van der Waals surface area contributed by atoms with Crippen LogP contribution in [0.4, 0.5) is 0 Å². The Morgan fingerprint density at radius 1 is 1.54 bits per heavy atom. The van der Waals surface area contributed by atoms with Crippen LogP contribution in [0, 0.1) is 0 Å². The lowest BCUT2D eigenvalue weighted by Crippen LogP contribution is -2.05. The number of rotatable bonds is 3. The molecule has 0 bridgehead atoms. The van der Waals surface area contributed by atoms with Crippen molar-refractivity contribution < 1.29 is 4.74 Å². The van der Waals surface area contributed by atoms with E-state index in [-0.39, 0.29) is 6.10 Å². The minimum absolute atomic E-state index is 0.107. The summed E-state index contributed by atoms with van der Waals surface area (Å²) in [5, 5.41) is 0.478. The molecule has 1 unspecified atom stereocenters. The summed E-state index contributed by atoms with van der Waals surface area (Å²) in [4.78, 5) is 8.38. The van der Waals surface area contributed by atoms with E-state index in [1.807, 2.05) is 13.8 Å². The monoisotopic (exact) mass is 200 g/mol. The lowest BCUT2D eigenvalue weighted by molar-refractivity contribution is 0.112. The Morgan fingerprint density at radius 2 is 2.23 bits per heavy atom. The smallest absolute Gasteiger partial charge is 0.158 e. The number of nitrogens with zero attached hydrogens (tertiary/aromatic N) is 2. The van der Waals surface area contributed by atoms with Gasteiger partial charge in [-0.3, -0.25) is 0 Å². The first-order valence-electron chi connectivity index (χ1n) is 4.23. The van der Waals surface area contributed by atoms with Gasteiger partial charge in [-0.1, -0.05) is 18.5 Å². The zero-order valence-electron chi connectivity index (χ0n) is 8.04. The summed E-state index contributed by atoms with van der Waals surface area (Å²) in [6, 6.07) is 1.77. The molecule has 1 aromatic heterocycles. The first-order valence-corrected chi connectivity index (χ1v) is 4.61. The topological polar surface area (TPSA) is 35.0 Å². The van der Waals surface area contributed by atoms with Gasteiger partial charge in [0.2, 0.25) is 0 Å². The summed E-state index contributed by atoms with van der Waals surface area (Å²) in [5.74, 6) is 0.645. The van der Waals surface area contributed by atoms with Crippen LogP contribution in [0.3, 0.4) is 0 Å². The molecule has 0 radical (unpaired) electrons. The first-order chi connectivity index (χ1) is 6.17. The third-order valence-corrected chi connectivity index (χ3v) is 2.04. The molecule has 72 valence electrons. The highest BCUT2D eigenvalue weighted by Gasteiger charge is 2.09. The molecule has 1 aromatic rings. The maximum Gasteiger partial charge on any atom is 0.158 e. The van der Waals surface area contributed by atoms with Crippen LogP contribution < -0.4 is 0 Å². The van der Waals surface area contributed by atoms with Crippen molar-refractivity contribution >= 4 is 11.6 Å². The van der Waals surface area contributed by atoms with Gasteiger partial charge in [0.05, 0.1) is 0 Å². The summed E-state index contributed by atoms with van der Waals surface area (Å²) in [6.45, 7) is 3.92. The third-order valence-electron chi connectivity index (χ3n) is 1.84. The zero-order valence-corrected chi connectivity index (χ0v) is 8.80. The molecule has 3 nitrogen and oxygen atoms in total. The molecule has 0 aromatic carbocycles. The Balaban J connectivity index is 3.01. The average Bonchev–Trinajstić information content (AvgIpc) is 2.15. The molecule has 0 saturated carbocycles. The zero-order chi connectivity index (χ0) is 9.84. The summed E-state index contributed by atoms with van der Waals surface area (Å²) in [6.07, 6.45) is 0.745. The second-order valence-electron chi connectivity index (χ2n) is 2.77. The number of halogens is 1. The molecule has 0 N–H and O–H groups in total. The van der Waals surface area contributed by atoms with Gasteiger partial charge in [-0.25, -0.2) is 9.97 Å². The maximum absolute atomic E-state index is 5.82. The van der Waals surface area contributed by atoms with E-state index in [9.17, 15) is 0 Å². The van der Waals surface area contributed by atoms with Gasteiger partial charge >= 0.3 is 0 Å². The highest BCUT2D eigenvalue weighted by atomic mass is 35.5. The van der Waals surface area contributed by atoms with Crippen molar-refractivity contribution in [2.24, 2.45) is 0 Å². The van der Waals surface area contributed by atoms with Crippen LogP contribution in [-0.4, -0.2) is 17.1 Å². The molecule has 0 aliphatic carbocycles. The fraction of sp³-hybridized carbons (Fsp3) is 0.556. The molecule has 0 aliphatic rings. The van der Waals surface area contributed by atoms with E-state index < -0.39 is 0 Å². The molecule has 0 amide bonds. The van der Waals surface area contributed by atoms with Gasteiger partial charge < -0.3 is 4.74 Å². The van der Waals surface area contributed by atoms with Gasteiger partial charge in [0.15, 0.2) is 5.82 Å². The molecule has 0 aliphatic heterocycles. The van der Waals surface area contributed by atoms with Crippen LogP contribution in [0.2, 0.25) is 5.15 Å². The minimum atomic E-state index is -0.107. The summed E-state index contributed by atoms with van der Waals surface area (Å²) < 4.78 is 5.11. The van der Waals surface area contributed by atoms with Gasteiger partial charge in [-0.05, 0) is 19.4 Å². The molecule has 4 heteroatoms. The number of hydrogen-bond donors (Lipinski definition) is 0. The Bertz CT molecular complexity index is 291. The second-order valence-corrected chi connectivity index (χ2v) is 3.16. The third kappa shape index (κ3) is 2.64. The van der Waals surface area contributed by atoms with Crippen LogP contribution in [0.15, 0.2) is 6.07 Å². The Hall–Kier alpha value is -0.670. The molecule has 0 fully saturated rings. The van der Waals surface area contributed by atoms with E-state index in [4.69, 9.17) is 16.3 Å². The fourth-order valence-corrected chi connectivity index (χ4v) is 1.16. The Kier molecular flexibility index (Phi) is 3.63. The lowest BCUT2D eigenvalue weighted by Gasteiger charge is -2.09. The van der Waals surface area contributed by atoms with Crippen LogP contribution in [0.1, 0.15) is 31.5 Å².